The Hall–Kier alpha value is -1.06. The third kappa shape index (κ3) is 4.64. The average Bonchev–Trinajstić information content (AvgIpc) is 2.29. The third-order valence-electron chi connectivity index (χ3n) is 2.63. The summed E-state index contributed by atoms with van der Waals surface area (Å²) in [5, 5.41) is 13.0. The first kappa shape index (κ1) is 13.0. The van der Waals surface area contributed by atoms with Gasteiger partial charge in [-0.25, -0.2) is 0 Å². The predicted molar refractivity (Wildman–Crippen MR) is 65.8 cm³/mol. The van der Waals surface area contributed by atoms with Crippen LogP contribution >= 0.6 is 0 Å². The highest BCUT2D eigenvalue weighted by atomic mass is 16.5. The van der Waals surface area contributed by atoms with Gasteiger partial charge in [0.25, 0.3) is 0 Å². The van der Waals surface area contributed by atoms with Crippen LogP contribution in [-0.4, -0.2) is 31.4 Å². The van der Waals surface area contributed by atoms with Gasteiger partial charge in [0.05, 0.1) is 0 Å². The Morgan fingerprint density at radius 2 is 2.12 bits per heavy atom. The molecule has 3 heteroatoms. The summed E-state index contributed by atoms with van der Waals surface area (Å²) in [5.74, 6) is 0.383. The second-order valence-electron chi connectivity index (χ2n) is 4.02. The van der Waals surface area contributed by atoms with Crippen molar-refractivity contribution < 1.29 is 9.84 Å². The van der Waals surface area contributed by atoms with Crippen molar-refractivity contribution in [2.24, 2.45) is 0 Å². The normalized spacial score (nSPS) is 12.6. The SMILES string of the molecule is COCCC(C)NCCc1ccccc1O. The summed E-state index contributed by atoms with van der Waals surface area (Å²) < 4.78 is 5.02. The molecule has 0 aliphatic carbocycles. The Labute approximate surface area is 97.4 Å². The third-order valence-corrected chi connectivity index (χ3v) is 2.63. The number of hydrogen-bond donors (Lipinski definition) is 2. The molecule has 1 aromatic rings. The maximum atomic E-state index is 9.57. The molecule has 0 aliphatic rings. The van der Waals surface area contributed by atoms with Gasteiger partial charge in [0.15, 0.2) is 0 Å². The van der Waals surface area contributed by atoms with Crippen molar-refractivity contribution in [1.82, 2.24) is 5.32 Å². The topological polar surface area (TPSA) is 41.5 Å². The molecule has 0 heterocycles. The van der Waals surface area contributed by atoms with E-state index >= 15 is 0 Å². The fourth-order valence-electron chi connectivity index (χ4n) is 1.57. The van der Waals surface area contributed by atoms with Crippen molar-refractivity contribution in [3.8, 4) is 5.75 Å². The zero-order chi connectivity index (χ0) is 11.8. The zero-order valence-corrected chi connectivity index (χ0v) is 10.1. The molecule has 0 aromatic heterocycles. The summed E-state index contributed by atoms with van der Waals surface area (Å²) >= 11 is 0. The van der Waals surface area contributed by atoms with Crippen molar-refractivity contribution in [3.05, 3.63) is 29.8 Å². The van der Waals surface area contributed by atoms with Gasteiger partial charge in [0.2, 0.25) is 0 Å². The number of benzene rings is 1. The van der Waals surface area contributed by atoms with Crippen molar-refractivity contribution >= 4 is 0 Å². The van der Waals surface area contributed by atoms with Crippen LogP contribution in [0, 0.1) is 0 Å². The fourth-order valence-corrected chi connectivity index (χ4v) is 1.57. The molecule has 90 valence electrons. The van der Waals surface area contributed by atoms with Crippen molar-refractivity contribution in [2.75, 3.05) is 20.3 Å². The van der Waals surface area contributed by atoms with Gasteiger partial charge in [-0.05, 0) is 37.9 Å². The standard InChI is InChI=1S/C13H21NO2/c1-11(8-10-16-2)14-9-7-12-5-3-4-6-13(12)15/h3-6,11,14-15H,7-10H2,1-2H3. The van der Waals surface area contributed by atoms with Crippen LogP contribution in [0.15, 0.2) is 24.3 Å². The number of para-hydroxylation sites is 1. The van der Waals surface area contributed by atoms with Gasteiger partial charge in [-0.15, -0.1) is 0 Å². The van der Waals surface area contributed by atoms with E-state index in [-0.39, 0.29) is 0 Å². The number of aromatic hydroxyl groups is 1. The first-order chi connectivity index (χ1) is 7.74. The van der Waals surface area contributed by atoms with Crippen LogP contribution in [0.2, 0.25) is 0 Å². The van der Waals surface area contributed by atoms with Crippen LogP contribution in [-0.2, 0) is 11.2 Å². The molecule has 0 fully saturated rings. The highest BCUT2D eigenvalue weighted by Gasteiger charge is 2.02. The molecule has 1 rings (SSSR count). The predicted octanol–water partition coefficient (Wildman–Crippen LogP) is 1.95. The van der Waals surface area contributed by atoms with Gasteiger partial charge in [0, 0.05) is 19.8 Å². The van der Waals surface area contributed by atoms with Crippen molar-refractivity contribution in [2.45, 2.75) is 25.8 Å². The lowest BCUT2D eigenvalue weighted by atomic mass is 10.1. The number of ether oxygens (including phenoxy) is 1. The zero-order valence-electron chi connectivity index (χ0n) is 10.1. The Bertz CT molecular complexity index is 302. The largest absolute Gasteiger partial charge is 0.508 e. The van der Waals surface area contributed by atoms with E-state index in [1.807, 2.05) is 18.2 Å². The molecular weight excluding hydrogens is 202 g/mol. The number of nitrogens with one attached hydrogen (secondary N) is 1. The minimum Gasteiger partial charge on any atom is -0.508 e. The number of methoxy groups -OCH3 is 1. The van der Waals surface area contributed by atoms with Crippen LogP contribution in [0.3, 0.4) is 0 Å². The van der Waals surface area contributed by atoms with Gasteiger partial charge >= 0.3 is 0 Å². The summed E-state index contributed by atoms with van der Waals surface area (Å²) in [6.07, 6.45) is 1.86. The van der Waals surface area contributed by atoms with Gasteiger partial charge in [0.1, 0.15) is 5.75 Å². The van der Waals surface area contributed by atoms with Crippen LogP contribution in [0.25, 0.3) is 0 Å². The Kier molecular flexibility index (Phi) is 5.90. The van der Waals surface area contributed by atoms with E-state index in [4.69, 9.17) is 4.74 Å². The lowest BCUT2D eigenvalue weighted by molar-refractivity contribution is 0.185. The molecule has 1 unspecified atom stereocenters. The summed E-state index contributed by atoms with van der Waals surface area (Å²) in [4.78, 5) is 0. The first-order valence-corrected chi connectivity index (χ1v) is 5.73. The summed E-state index contributed by atoms with van der Waals surface area (Å²) in [7, 11) is 1.72. The quantitative estimate of drug-likeness (QED) is 0.742. The summed E-state index contributed by atoms with van der Waals surface area (Å²) in [6.45, 7) is 3.80. The monoisotopic (exact) mass is 223 g/mol. The minimum absolute atomic E-state index is 0.383. The second kappa shape index (κ2) is 7.25. The number of rotatable bonds is 7. The van der Waals surface area contributed by atoms with E-state index in [2.05, 4.69) is 12.2 Å². The molecular formula is C13H21NO2. The van der Waals surface area contributed by atoms with Crippen LogP contribution < -0.4 is 5.32 Å². The molecule has 0 amide bonds. The highest BCUT2D eigenvalue weighted by Crippen LogP contribution is 2.15. The maximum absolute atomic E-state index is 9.57. The second-order valence-corrected chi connectivity index (χ2v) is 4.02. The summed E-state index contributed by atoms with van der Waals surface area (Å²) in [6, 6.07) is 7.92. The Balaban J connectivity index is 2.23. The van der Waals surface area contributed by atoms with E-state index in [0.29, 0.717) is 11.8 Å². The fraction of sp³-hybridized carbons (Fsp3) is 0.538. The minimum atomic E-state index is 0.383. The first-order valence-electron chi connectivity index (χ1n) is 5.73. The number of hydrogen-bond acceptors (Lipinski definition) is 3. The number of phenols is 1. The van der Waals surface area contributed by atoms with E-state index in [0.717, 1.165) is 31.6 Å². The van der Waals surface area contributed by atoms with E-state index in [1.165, 1.54) is 0 Å². The molecule has 0 aliphatic heterocycles. The molecule has 0 spiro atoms. The highest BCUT2D eigenvalue weighted by molar-refractivity contribution is 5.31. The van der Waals surface area contributed by atoms with Gasteiger partial charge < -0.3 is 15.2 Å². The van der Waals surface area contributed by atoms with Crippen LogP contribution in [0.1, 0.15) is 18.9 Å². The van der Waals surface area contributed by atoms with E-state index < -0.39 is 0 Å². The van der Waals surface area contributed by atoms with E-state index in [9.17, 15) is 5.11 Å². The molecule has 1 aromatic carbocycles. The molecule has 16 heavy (non-hydrogen) atoms. The number of phenolic OH excluding ortho intramolecular Hbond substituents is 1. The van der Waals surface area contributed by atoms with E-state index in [1.54, 1.807) is 13.2 Å². The molecule has 3 nitrogen and oxygen atoms in total. The van der Waals surface area contributed by atoms with Crippen molar-refractivity contribution in [3.63, 3.8) is 0 Å². The molecule has 2 N–H and O–H groups in total. The molecule has 0 saturated heterocycles. The Morgan fingerprint density at radius 3 is 2.81 bits per heavy atom. The maximum Gasteiger partial charge on any atom is 0.118 e. The molecule has 0 saturated carbocycles. The lowest BCUT2D eigenvalue weighted by Crippen LogP contribution is -2.29. The summed E-state index contributed by atoms with van der Waals surface area (Å²) in [5.41, 5.74) is 0.994. The average molecular weight is 223 g/mol. The molecule has 1 atom stereocenters. The van der Waals surface area contributed by atoms with Crippen molar-refractivity contribution in [1.29, 1.82) is 0 Å². The Morgan fingerprint density at radius 1 is 1.38 bits per heavy atom. The van der Waals surface area contributed by atoms with Crippen LogP contribution in [0.5, 0.6) is 5.75 Å². The smallest absolute Gasteiger partial charge is 0.118 e. The lowest BCUT2D eigenvalue weighted by Gasteiger charge is -2.13. The molecule has 0 radical (unpaired) electrons. The molecule has 0 bridgehead atoms. The van der Waals surface area contributed by atoms with Gasteiger partial charge in [-0.2, -0.15) is 0 Å². The van der Waals surface area contributed by atoms with Crippen LogP contribution in [0.4, 0.5) is 0 Å². The van der Waals surface area contributed by atoms with Gasteiger partial charge in [-0.1, -0.05) is 18.2 Å². The van der Waals surface area contributed by atoms with Gasteiger partial charge in [-0.3, -0.25) is 0 Å².